The summed E-state index contributed by atoms with van der Waals surface area (Å²) in [6.07, 6.45) is -1.46. The highest BCUT2D eigenvalue weighted by Crippen LogP contribution is 2.39. The highest BCUT2D eigenvalue weighted by molar-refractivity contribution is 7.91. The summed E-state index contributed by atoms with van der Waals surface area (Å²) in [5.41, 5.74) is -1.14. The fourth-order valence-corrected chi connectivity index (χ4v) is 4.78. The van der Waals surface area contributed by atoms with Crippen LogP contribution in [-0.4, -0.2) is 57.7 Å². The first-order valence-corrected chi connectivity index (χ1v) is 12.9. The smallest absolute Gasteiger partial charge is 0.412 e. The first kappa shape index (κ1) is 26.4. The van der Waals surface area contributed by atoms with Crippen molar-refractivity contribution in [1.82, 2.24) is 18.9 Å². The van der Waals surface area contributed by atoms with Crippen LogP contribution >= 0.6 is 0 Å². The Hall–Kier alpha value is -3.68. The van der Waals surface area contributed by atoms with Gasteiger partial charge in [-0.1, -0.05) is 6.92 Å². The maximum absolute atomic E-state index is 13.1. The van der Waals surface area contributed by atoms with Crippen molar-refractivity contribution in [2.45, 2.75) is 50.4 Å². The number of ether oxygens (including phenoxy) is 1. The second kappa shape index (κ2) is 9.01. The van der Waals surface area contributed by atoms with Gasteiger partial charge in [0.2, 0.25) is 0 Å². The summed E-state index contributed by atoms with van der Waals surface area (Å²) in [4.78, 5) is 24.7. The second-order valence-corrected chi connectivity index (χ2v) is 11.2. The van der Waals surface area contributed by atoms with E-state index in [9.17, 15) is 26.4 Å². The van der Waals surface area contributed by atoms with Crippen LogP contribution in [0.5, 0.6) is 0 Å². The third kappa shape index (κ3) is 5.10. The number of hydrogen-bond donors (Lipinski definition) is 1. The number of nitrogens with zero attached hydrogens (tertiary/aromatic N) is 5. The quantitative estimate of drug-likeness (QED) is 0.426. The average Bonchev–Trinajstić information content (AvgIpc) is 3.27. The van der Waals surface area contributed by atoms with Crippen molar-refractivity contribution in [2.24, 2.45) is 12.0 Å². The molecule has 0 aliphatic heterocycles. The molecule has 1 N–H and O–H groups in total. The molecule has 1 saturated carbocycles. The van der Waals surface area contributed by atoms with E-state index in [2.05, 4.69) is 27.0 Å². The molecule has 1 aliphatic carbocycles. The molecule has 1 aliphatic rings. The number of fused-ring (bicyclic) bond motifs is 1. The number of nitrogens with one attached hydrogen (secondary N) is 1. The van der Waals surface area contributed by atoms with E-state index in [0.717, 1.165) is 25.8 Å². The largest absolute Gasteiger partial charge is 0.443 e. The van der Waals surface area contributed by atoms with E-state index in [1.165, 1.54) is 41.3 Å². The summed E-state index contributed by atoms with van der Waals surface area (Å²) >= 11 is 0. The minimum absolute atomic E-state index is 0.00849. The molecular weight excluding hydrogens is 513 g/mol. The van der Waals surface area contributed by atoms with Crippen molar-refractivity contribution in [2.75, 3.05) is 11.1 Å². The van der Waals surface area contributed by atoms with E-state index in [1.54, 1.807) is 0 Å². The normalized spacial score (nSPS) is 15.6. The van der Waals surface area contributed by atoms with Crippen LogP contribution in [0.1, 0.15) is 39.3 Å². The van der Waals surface area contributed by atoms with Crippen LogP contribution < -0.4 is 5.32 Å². The van der Waals surface area contributed by atoms with Gasteiger partial charge in [0.25, 0.3) is 0 Å². The minimum Gasteiger partial charge on any atom is -0.443 e. The molecule has 37 heavy (non-hydrogen) atoms. The number of sulfone groups is 1. The summed E-state index contributed by atoms with van der Waals surface area (Å²) in [6, 6.07) is 2.94. The Morgan fingerprint density at radius 3 is 2.59 bits per heavy atom. The number of rotatable bonds is 7. The maximum Gasteiger partial charge on any atom is 0.412 e. The zero-order valence-electron chi connectivity index (χ0n) is 20.5. The third-order valence-electron chi connectivity index (χ3n) is 6.05. The molecule has 0 spiro atoms. The predicted octanol–water partition coefficient (Wildman–Crippen LogP) is 4.93. The molecular formula is C23H25F3N6O4S. The number of carbonyl (C=O) groups is 1. The molecule has 0 unspecified atom stereocenters. The lowest BCUT2D eigenvalue weighted by Gasteiger charge is -2.12. The summed E-state index contributed by atoms with van der Waals surface area (Å²) in [5, 5.41) is 2.40. The number of aromatic nitrogens is 4. The van der Waals surface area contributed by atoms with Crippen LogP contribution in [0.15, 0.2) is 33.9 Å². The van der Waals surface area contributed by atoms with Gasteiger partial charge >= 0.3 is 12.3 Å². The van der Waals surface area contributed by atoms with Crippen LogP contribution in [0.4, 0.5) is 29.5 Å². The molecule has 3 heterocycles. The maximum atomic E-state index is 13.1. The second-order valence-electron chi connectivity index (χ2n) is 8.96. The topological polar surface area (TPSA) is 120 Å². The molecule has 198 valence electrons. The average molecular weight is 539 g/mol. The van der Waals surface area contributed by atoms with Crippen molar-refractivity contribution in [3.8, 4) is 11.5 Å². The first-order chi connectivity index (χ1) is 17.2. The number of halogens is 3. The van der Waals surface area contributed by atoms with Gasteiger partial charge in [-0.25, -0.2) is 28.2 Å². The Kier molecular flexibility index (Phi) is 6.42. The zero-order valence-corrected chi connectivity index (χ0v) is 21.4. The van der Waals surface area contributed by atoms with Gasteiger partial charge in [-0.05, 0) is 45.5 Å². The molecule has 1 fully saturated rings. The van der Waals surface area contributed by atoms with Gasteiger partial charge in [-0.3, -0.25) is 9.72 Å². The highest BCUT2D eigenvalue weighted by Gasteiger charge is 2.41. The predicted molar refractivity (Wildman–Crippen MR) is 132 cm³/mol. The number of alkyl halides is 3. The Labute approximate surface area is 210 Å². The van der Waals surface area contributed by atoms with Crippen molar-refractivity contribution >= 4 is 45.9 Å². The van der Waals surface area contributed by atoms with E-state index in [-0.39, 0.29) is 39.5 Å². The van der Waals surface area contributed by atoms with Gasteiger partial charge in [0.05, 0.1) is 5.75 Å². The number of pyridine rings is 1. The molecule has 14 heteroatoms. The number of allylic oxidation sites excluding steroid dienone is 1. The van der Waals surface area contributed by atoms with E-state index in [0.29, 0.717) is 5.69 Å². The fourth-order valence-electron chi connectivity index (χ4n) is 3.62. The standard InChI is InChI=1S/C23H25F3N6O4S/c1-6-37(34,35)20-17(19-29-15(18(27-4)31(19)5)11-13(2)23(24,25)26)30-16-12-14(7-10-32(16)20)28-21(33)36-22(3)8-9-22/h7,10-12H,4,6,8-9H2,1-3,5H3,(H,28,33)/b13-11+. The first-order valence-electron chi connectivity index (χ1n) is 11.2. The third-order valence-corrected chi connectivity index (χ3v) is 7.79. The van der Waals surface area contributed by atoms with Crippen molar-refractivity contribution in [3.63, 3.8) is 0 Å². The summed E-state index contributed by atoms with van der Waals surface area (Å²) in [6.45, 7) is 7.58. The zero-order chi connectivity index (χ0) is 27.3. The van der Waals surface area contributed by atoms with Crippen LogP contribution in [0, 0.1) is 0 Å². The molecule has 0 aromatic carbocycles. The fraction of sp³-hybridized carbons (Fsp3) is 0.391. The molecule has 4 rings (SSSR count). The van der Waals surface area contributed by atoms with Crippen molar-refractivity contribution in [3.05, 3.63) is 29.6 Å². The molecule has 3 aromatic heterocycles. The number of imidazole rings is 2. The molecule has 1 amide bonds. The summed E-state index contributed by atoms with van der Waals surface area (Å²) < 4.78 is 73.6. The van der Waals surface area contributed by atoms with E-state index >= 15 is 0 Å². The number of anilines is 1. The van der Waals surface area contributed by atoms with Gasteiger partial charge in [0, 0.05) is 30.6 Å². The van der Waals surface area contributed by atoms with Crippen molar-refractivity contribution in [1.29, 1.82) is 0 Å². The van der Waals surface area contributed by atoms with Crippen LogP contribution in [0.25, 0.3) is 23.2 Å². The van der Waals surface area contributed by atoms with E-state index < -0.39 is 33.3 Å². The Morgan fingerprint density at radius 1 is 1.35 bits per heavy atom. The lowest BCUT2D eigenvalue weighted by molar-refractivity contribution is -0.0903. The van der Waals surface area contributed by atoms with Gasteiger partial charge in [0.1, 0.15) is 22.6 Å². The van der Waals surface area contributed by atoms with Crippen molar-refractivity contribution < 1.29 is 31.1 Å². The molecule has 0 radical (unpaired) electrons. The van der Waals surface area contributed by atoms with E-state index in [4.69, 9.17) is 4.74 Å². The number of carbonyl (C=O) groups excluding carboxylic acids is 1. The number of amides is 1. The van der Waals surface area contributed by atoms with E-state index in [1.807, 2.05) is 6.92 Å². The number of aliphatic imine (C=N–C) groups is 1. The Bertz CT molecular complexity index is 1550. The summed E-state index contributed by atoms with van der Waals surface area (Å²) in [5.74, 6) is -0.278. The van der Waals surface area contributed by atoms with Gasteiger partial charge < -0.3 is 9.30 Å². The lowest BCUT2D eigenvalue weighted by atomic mass is 10.2. The monoisotopic (exact) mass is 538 g/mol. The lowest BCUT2D eigenvalue weighted by Crippen LogP contribution is -2.21. The highest BCUT2D eigenvalue weighted by atomic mass is 32.2. The number of hydrogen-bond acceptors (Lipinski definition) is 7. The SMILES string of the molecule is C=Nc1c(/C=C(\C)C(F)(F)F)nc(-c2nc3cc(NC(=O)OC4(C)CC4)ccn3c2S(=O)(=O)CC)n1C. The van der Waals surface area contributed by atoms with Gasteiger partial charge in [0.15, 0.2) is 26.5 Å². The Morgan fingerprint density at radius 2 is 2.03 bits per heavy atom. The van der Waals surface area contributed by atoms with Crippen LogP contribution in [0.3, 0.4) is 0 Å². The molecule has 0 bridgehead atoms. The molecule has 10 nitrogen and oxygen atoms in total. The van der Waals surface area contributed by atoms with Crippen LogP contribution in [-0.2, 0) is 21.6 Å². The molecule has 3 aromatic rings. The molecule has 0 saturated heterocycles. The summed E-state index contributed by atoms with van der Waals surface area (Å²) in [7, 11) is -2.42. The molecule has 0 atom stereocenters. The van der Waals surface area contributed by atoms with Gasteiger partial charge in [-0.15, -0.1) is 0 Å². The van der Waals surface area contributed by atoms with Gasteiger partial charge in [-0.2, -0.15) is 13.2 Å². The minimum atomic E-state index is -4.59. The Balaban J connectivity index is 1.86. The van der Waals surface area contributed by atoms with Crippen LogP contribution in [0.2, 0.25) is 0 Å².